The van der Waals surface area contributed by atoms with Gasteiger partial charge in [-0.1, -0.05) is 51.9 Å². The van der Waals surface area contributed by atoms with E-state index in [2.05, 4.69) is 17.0 Å². The number of nitrogens with zero attached hydrogens (tertiary/aromatic N) is 1. The van der Waals surface area contributed by atoms with Gasteiger partial charge in [-0.15, -0.1) is 0 Å². The molecule has 90 valence electrons. The highest BCUT2D eigenvalue weighted by molar-refractivity contribution is 8.76. The summed E-state index contributed by atoms with van der Waals surface area (Å²) >= 11 is 0. The molecule has 0 spiro atoms. The topological polar surface area (TPSA) is 20.3 Å². The number of likely N-dealkylation sites (tertiary alicyclic amines) is 1. The Labute approximate surface area is 110 Å². The molecule has 0 aromatic heterocycles. The number of hydrogen-bond acceptors (Lipinski definition) is 3. The number of fused-ring (bicyclic) bond motifs is 2. The van der Waals surface area contributed by atoms with Crippen LogP contribution in [0.25, 0.3) is 0 Å². The average Bonchev–Trinajstić information content (AvgIpc) is 2.58. The summed E-state index contributed by atoms with van der Waals surface area (Å²) in [4.78, 5) is 14.3. The Morgan fingerprint density at radius 1 is 1.18 bits per heavy atom. The van der Waals surface area contributed by atoms with E-state index in [1.807, 2.05) is 39.8 Å². The Kier molecular flexibility index (Phi) is 3.34. The molecule has 2 heterocycles. The van der Waals surface area contributed by atoms with Crippen molar-refractivity contribution in [2.75, 3.05) is 11.5 Å². The molecule has 2 aliphatic rings. The minimum Gasteiger partial charge on any atom is -0.334 e. The maximum Gasteiger partial charge on any atom is 0.227 e. The van der Waals surface area contributed by atoms with Crippen LogP contribution >= 0.6 is 21.6 Å². The standard InChI is InChI=1S/C13H15NOS2/c15-13-11-6-12(9-17-16-8-11)14(13)7-10-4-2-1-3-5-10/h1-5,11-12H,6-9H2. The molecular formula is C13H15NOS2. The fraction of sp³-hybridized carbons (Fsp3) is 0.462. The molecule has 2 nitrogen and oxygen atoms in total. The summed E-state index contributed by atoms with van der Waals surface area (Å²) in [6.45, 7) is 0.784. The van der Waals surface area contributed by atoms with Crippen molar-refractivity contribution < 1.29 is 4.79 Å². The van der Waals surface area contributed by atoms with Gasteiger partial charge in [0.2, 0.25) is 5.91 Å². The Morgan fingerprint density at radius 3 is 2.76 bits per heavy atom. The van der Waals surface area contributed by atoms with Crippen LogP contribution in [-0.4, -0.2) is 28.4 Å². The van der Waals surface area contributed by atoms with E-state index >= 15 is 0 Å². The number of carbonyl (C=O) groups excluding carboxylic acids is 1. The molecule has 1 aromatic carbocycles. The van der Waals surface area contributed by atoms with Crippen molar-refractivity contribution in [1.82, 2.24) is 4.90 Å². The van der Waals surface area contributed by atoms with Gasteiger partial charge in [0.25, 0.3) is 0 Å². The third-order valence-corrected chi connectivity index (χ3v) is 5.98. The van der Waals surface area contributed by atoms with E-state index in [0.29, 0.717) is 11.9 Å². The van der Waals surface area contributed by atoms with Crippen LogP contribution in [0.4, 0.5) is 0 Å². The number of benzene rings is 1. The summed E-state index contributed by atoms with van der Waals surface area (Å²) < 4.78 is 0. The van der Waals surface area contributed by atoms with Crippen molar-refractivity contribution in [2.45, 2.75) is 19.0 Å². The van der Waals surface area contributed by atoms with Gasteiger partial charge >= 0.3 is 0 Å². The molecule has 0 aliphatic carbocycles. The van der Waals surface area contributed by atoms with E-state index < -0.39 is 0 Å². The minimum atomic E-state index is 0.267. The summed E-state index contributed by atoms with van der Waals surface area (Å²) in [5.74, 6) is 2.71. The lowest BCUT2D eigenvalue weighted by molar-refractivity contribution is -0.131. The van der Waals surface area contributed by atoms with Gasteiger partial charge < -0.3 is 4.90 Å². The molecule has 2 aliphatic heterocycles. The zero-order chi connectivity index (χ0) is 11.7. The van der Waals surface area contributed by atoms with Gasteiger partial charge in [0.1, 0.15) is 0 Å². The SMILES string of the molecule is O=C1C2CSSCC(C2)N1Cc1ccccc1. The molecule has 0 saturated carbocycles. The summed E-state index contributed by atoms with van der Waals surface area (Å²) in [6, 6.07) is 10.8. The molecule has 3 rings (SSSR count). The second-order valence-corrected chi connectivity index (χ2v) is 7.16. The van der Waals surface area contributed by atoms with Crippen molar-refractivity contribution >= 4 is 27.5 Å². The maximum atomic E-state index is 12.2. The predicted molar refractivity (Wildman–Crippen MR) is 73.8 cm³/mol. The Bertz CT molecular complexity index is 409. The molecule has 2 saturated heterocycles. The molecule has 2 bridgehead atoms. The first-order valence-electron chi connectivity index (χ1n) is 5.93. The maximum absolute atomic E-state index is 12.2. The second kappa shape index (κ2) is 4.94. The van der Waals surface area contributed by atoms with Crippen LogP contribution in [0, 0.1) is 5.92 Å². The van der Waals surface area contributed by atoms with E-state index in [-0.39, 0.29) is 5.92 Å². The van der Waals surface area contributed by atoms with Gasteiger partial charge in [-0.3, -0.25) is 4.79 Å². The summed E-state index contributed by atoms with van der Waals surface area (Å²) in [7, 11) is 3.78. The summed E-state index contributed by atoms with van der Waals surface area (Å²) in [5.41, 5.74) is 1.24. The van der Waals surface area contributed by atoms with Gasteiger partial charge in [0.15, 0.2) is 0 Å². The number of carbonyl (C=O) groups is 1. The molecular weight excluding hydrogens is 250 g/mol. The van der Waals surface area contributed by atoms with Crippen LogP contribution in [0.2, 0.25) is 0 Å². The summed E-state index contributed by atoms with van der Waals surface area (Å²) in [6.07, 6.45) is 1.06. The normalized spacial score (nSPS) is 28.2. The molecule has 1 amide bonds. The first-order chi connectivity index (χ1) is 8.34. The number of amides is 1. The number of hydrogen-bond donors (Lipinski definition) is 0. The first kappa shape index (κ1) is 11.5. The zero-order valence-corrected chi connectivity index (χ0v) is 11.2. The third-order valence-electron chi connectivity index (χ3n) is 3.44. The van der Waals surface area contributed by atoms with Crippen LogP contribution < -0.4 is 0 Å². The third kappa shape index (κ3) is 2.33. The van der Waals surface area contributed by atoms with E-state index in [1.165, 1.54) is 5.56 Å². The first-order valence-corrected chi connectivity index (χ1v) is 8.42. The Balaban J connectivity index is 1.77. The monoisotopic (exact) mass is 265 g/mol. The fourth-order valence-corrected chi connectivity index (χ4v) is 5.16. The smallest absolute Gasteiger partial charge is 0.227 e. The van der Waals surface area contributed by atoms with Crippen molar-refractivity contribution in [3.8, 4) is 0 Å². The van der Waals surface area contributed by atoms with Gasteiger partial charge in [0.05, 0.1) is 5.92 Å². The molecule has 17 heavy (non-hydrogen) atoms. The van der Waals surface area contributed by atoms with Crippen LogP contribution in [0.1, 0.15) is 12.0 Å². The van der Waals surface area contributed by atoms with Crippen molar-refractivity contribution in [1.29, 1.82) is 0 Å². The highest BCUT2D eigenvalue weighted by atomic mass is 33.1. The number of rotatable bonds is 2. The van der Waals surface area contributed by atoms with Crippen molar-refractivity contribution in [3.63, 3.8) is 0 Å². The van der Waals surface area contributed by atoms with Gasteiger partial charge in [0, 0.05) is 24.1 Å². The van der Waals surface area contributed by atoms with Gasteiger partial charge in [-0.05, 0) is 12.0 Å². The van der Waals surface area contributed by atoms with Gasteiger partial charge in [-0.25, -0.2) is 0 Å². The van der Waals surface area contributed by atoms with Crippen molar-refractivity contribution in [2.24, 2.45) is 5.92 Å². The fourth-order valence-electron chi connectivity index (χ4n) is 2.51. The predicted octanol–water partition coefficient (Wildman–Crippen LogP) is 2.80. The highest BCUT2D eigenvalue weighted by Gasteiger charge is 2.40. The lowest BCUT2D eigenvalue weighted by atomic mass is 10.1. The molecule has 4 heteroatoms. The van der Waals surface area contributed by atoms with Crippen LogP contribution in [-0.2, 0) is 11.3 Å². The molecule has 0 radical (unpaired) electrons. The molecule has 0 N–H and O–H groups in total. The van der Waals surface area contributed by atoms with Crippen LogP contribution in [0.15, 0.2) is 30.3 Å². The molecule has 2 unspecified atom stereocenters. The van der Waals surface area contributed by atoms with E-state index in [4.69, 9.17) is 0 Å². The zero-order valence-electron chi connectivity index (χ0n) is 9.54. The van der Waals surface area contributed by atoms with E-state index in [0.717, 1.165) is 24.5 Å². The van der Waals surface area contributed by atoms with Crippen LogP contribution in [0.5, 0.6) is 0 Å². The van der Waals surface area contributed by atoms with Gasteiger partial charge in [-0.2, -0.15) is 0 Å². The summed E-state index contributed by atoms with van der Waals surface area (Å²) in [5, 5.41) is 0. The quantitative estimate of drug-likeness (QED) is 0.767. The minimum absolute atomic E-state index is 0.267. The van der Waals surface area contributed by atoms with Crippen LogP contribution in [0.3, 0.4) is 0 Å². The molecule has 2 fully saturated rings. The molecule has 2 atom stereocenters. The van der Waals surface area contributed by atoms with E-state index in [9.17, 15) is 4.79 Å². The largest absolute Gasteiger partial charge is 0.334 e. The van der Waals surface area contributed by atoms with Crippen molar-refractivity contribution in [3.05, 3.63) is 35.9 Å². The lowest BCUT2D eigenvalue weighted by Gasteiger charge is -2.25. The second-order valence-electron chi connectivity index (χ2n) is 4.61. The average molecular weight is 265 g/mol. The van der Waals surface area contributed by atoms with E-state index in [1.54, 1.807) is 0 Å². The lowest BCUT2D eigenvalue weighted by Crippen LogP contribution is -2.35. The Hall–Kier alpha value is -0.610. The highest BCUT2D eigenvalue weighted by Crippen LogP contribution is 2.39. The molecule has 1 aromatic rings. The Morgan fingerprint density at radius 2 is 1.94 bits per heavy atom.